The molecule has 0 saturated heterocycles. The van der Waals surface area contributed by atoms with E-state index in [0.29, 0.717) is 10.6 Å². The van der Waals surface area contributed by atoms with E-state index in [-0.39, 0.29) is 16.5 Å². The smallest absolute Gasteiger partial charge is 0.352 e. The van der Waals surface area contributed by atoms with Gasteiger partial charge in [0, 0.05) is 10.0 Å². The molecule has 0 unspecified atom stereocenters. The number of carboxylic acid groups (broad SMARTS) is 1. The first-order valence-corrected chi connectivity index (χ1v) is 6.48. The fraction of sp³-hybridized carbons (Fsp3) is 0. The summed E-state index contributed by atoms with van der Waals surface area (Å²) in [7, 11) is 0. The average molecular weight is 326 g/mol. The third-order valence-corrected chi connectivity index (χ3v) is 3.05. The molecule has 1 aromatic heterocycles. The maximum Gasteiger partial charge on any atom is 0.352 e. The quantitative estimate of drug-likeness (QED) is 0.844. The first kappa shape index (κ1) is 15.2. The summed E-state index contributed by atoms with van der Waals surface area (Å²) in [6.45, 7) is 0. The summed E-state index contributed by atoms with van der Waals surface area (Å²) in [5, 5.41) is 12.1. The van der Waals surface area contributed by atoms with Crippen LogP contribution in [0.5, 0.6) is 0 Å². The minimum atomic E-state index is -1.30. The highest BCUT2D eigenvalue weighted by molar-refractivity contribution is 6.35. The van der Waals surface area contributed by atoms with E-state index in [9.17, 15) is 9.59 Å². The van der Waals surface area contributed by atoms with Crippen molar-refractivity contribution in [1.29, 1.82) is 0 Å². The maximum atomic E-state index is 11.8. The molecule has 2 aromatic rings. The second kappa shape index (κ2) is 6.47. The van der Waals surface area contributed by atoms with Gasteiger partial charge in [-0.05, 0) is 35.9 Å². The van der Waals surface area contributed by atoms with Crippen LogP contribution in [0.2, 0.25) is 10.0 Å². The summed E-state index contributed by atoms with van der Waals surface area (Å²) < 4.78 is 4.89. The van der Waals surface area contributed by atoms with Crippen molar-refractivity contribution < 1.29 is 19.1 Å². The number of carbonyl (C=O) groups excluding carboxylic acids is 1. The van der Waals surface area contributed by atoms with Gasteiger partial charge in [0.25, 0.3) is 5.91 Å². The summed E-state index contributed by atoms with van der Waals surface area (Å²) in [6, 6.07) is 7.53. The van der Waals surface area contributed by atoms with Crippen molar-refractivity contribution in [2.75, 3.05) is 0 Å². The van der Waals surface area contributed by atoms with Gasteiger partial charge in [-0.15, -0.1) is 0 Å². The Morgan fingerprint density at radius 1 is 1.24 bits per heavy atom. The van der Waals surface area contributed by atoms with Crippen LogP contribution < -0.4 is 5.32 Å². The Morgan fingerprint density at radius 3 is 2.57 bits per heavy atom. The fourth-order valence-electron chi connectivity index (χ4n) is 1.52. The Kier molecular flexibility index (Phi) is 4.67. The largest absolute Gasteiger partial charge is 0.477 e. The highest BCUT2D eigenvalue weighted by Gasteiger charge is 2.15. The van der Waals surface area contributed by atoms with Crippen molar-refractivity contribution in [2.24, 2.45) is 0 Å². The number of furan rings is 1. The van der Waals surface area contributed by atoms with Gasteiger partial charge in [0.2, 0.25) is 0 Å². The molecule has 2 N–H and O–H groups in total. The molecule has 0 fully saturated rings. The van der Waals surface area contributed by atoms with Crippen molar-refractivity contribution in [3.63, 3.8) is 0 Å². The van der Waals surface area contributed by atoms with Gasteiger partial charge in [0.1, 0.15) is 5.70 Å². The maximum absolute atomic E-state index is 11.8. The van der Waals surface area contributed by atoms with E-state index in [1.807, 2.05) is 0 Å². The number of hydrogen-bond acceptors (Lipinski definition) is 3. The third-order valence-electron chi connectivity index (χ3n) is 2.49. The zero-order valence-corrected chi connectivity index (χ0v) is 12.0. The number of amides is 1. The topological polar surface area (TPSA) is 79.5 Å². The number of aliphatic carboxylic acids is 1. The van der Waals surface area contributed by atoms with Crippen LogP contribution in [0, 0.1) is 0 Å². The van der Waals surface area contributed by atoms with Crippen LogP contribution in [0.3, 0.4) is 0 Å². The summed E-state index contributed by atoms with van der Waals surface area (Å²) in [5.74, 6) is -1.97. The van der Waals surface area contributed by atoms with Crippen LogP contribution in [0.1, 0.15) is 16.1 Å². The Morgan fingerprint density at radius 2 is 2.00 bits per heavy atom. The molecule has 7 heteroatoms. The first-order valence-electron chi connectivity index (χ1n) is 5.72. The molecule has 0 bridgehead atoms. The van der Waals surface area contributed by atoms with E-state index in [4.69, 9.17) is 32.7 Å². The van der Waals surface area contributed by atoms with Gasteiger partial charge in [-0.25, -0.2) is 4.79 Å². The number of nitrogens with one attached hydrogen (secondary N) is 1. The molecular formula is C14H9Cl2NO4. The lowest BCUT2D eigenvalue weighted by molar-refractivity contribution is -0.132. The number of rotatable bonds is 4. The number of benzene rings is 1. The molecular weight excluding hydrogens is 317 g/mol. The number of carboxylic acids is 1. The summed E-state index contributed by atoms with van der Waals surface area (Å²) in [5.41, 5.74) is 0.0823. The van der Waals surface area contributed by atoms with Crippen LogP contribution in [0.4, 0.5) is 0 Å². The van der Waals surface area contributed by atoms with E-state index in [1.54, 1.807) is 12.1 Å². The molecule has 0 spiro atoms. The Labute approximate surface area is 129 Å². The number of halogens is 2. The van der Waals surface area contributed by atoms with Crippen molar-refractivity contribution in [3.8, 4) is 0 Å². The Balaban J connectivity index is 2.28. The summed E-state index contributed by atoms with van der Waals surface area (Å²) >= 11 is 11.7. The van der Waals surface area contributed by atoms with Gasteiger partial charge < -0.3 is 14.8 Å². The lowest BCUT2D eigenvalue weighted by Gasteiger charge is -2.05. The zero-order valence-electron chi connectivity index (χ0n) is 10.5. The molecule has 0 aliphatic rings. The molecule has 1 aromatic carbocycles. The van der Waals surface area contributed by atoms with Gasteiger partial charge in [0.15, 0.2) is 5.76 Å². The van der Waals surface area contributed by atoms with Gasteiger partial charge in [0.05, 0.1) is 6.26 Å². The monoisotopic (exact) mass is 325 g/mol. The van der Waals surface area contributed by atoms with Crippen LogP contribution in [0.15, 0.2) is 46.7 Å². The second-order valence-electron chi connectivity index (χ2n) is 3.96. The Hall–Kier alpha value is -2.24. The normalized spacial score (nSPS) is 11.2. The standard InChI is InChI=1S/C14H9Cl2NO4/c15-9-4-3-8(10(16)7-9)6-11(14(19)20)17-13(18)12-2-1-5-21-12/h1-7H,(H,17,18)(H,19,20)/b11-6+. The van der Waals surface area contributed by atoms with Crippen LogP contribution >= 0.6 is 23.2 Å². The van der Waals surface area contributed by atoms with Gasteiger partial charge in [-0.1, -0.05) is 29.3 Å². The van der Waals surface area contributed by atoms with E-state index in [2.05, 4.69) is 5.32 Å². The van der Waals surface area contributed by atoms with Crippen molar-refractivity contribution >= 4 is 41.2 Å². The van der Waals surface area contributed by atoms with E-state index in [1.165, 1.54) is 30.5 Å². The molecule has 0 saturated carbocycles. The molecule has 21 heavy (non-hydrogen) atoms. The highest BCUT2D eigenvalue weighted by Crippen LogP contribution is 2.22. The minimum absolute atomic E-state index is 0.00403. The molecule has 108 valence electrons. The van der Waals surface area contributed by atoms with Crippen molar-refractivity contribution in [1.82, 2.24) is 5.32 Å². The van der Waals surface area contributed by atoms with Crippen molar-refractivity contribution in [2.45, 2.75) is 0 Å². The zero-order chi connectivity index (χ0) is 15.4. The lowest BCUT2D eigenvalue weighted by Crippen LogP contribution is -2.26. The molecule has 1 amide bonds. The molecule has 1 heterocycles. The molecule has 0 atom stereocenters. The van der Waals surface area contributed by atoms with Crippen LogP contribution in [-0.2, 0) is 4.79 Å². The fourth-order valence-corrected chi connectivity index (χ4v) is 1.98. The summed E-state index contributed by atoms with van der Waals surface area (Å²) in [6.07, 6.45) is 2.55. The highest BCUT2D eigenvalue weighted by atomic mass is 35.5. The molecule has 0 aliphatic heterocycles. The first-order chi connectivity index (χ1) is 9.97. The summed E-state index contributed by atoms with van der Waals surface area (Å²) in [4.78, 5) is 23.0. The number of carbonyl (C=O) groups is 2. The van der Waals surface area contributed by atoms with Crippen LogP contribution in [0.25, 0.3) is 6.08 Å². The molecule has 2 rings (SSSR count). The predicted molar refractivity (Wildman–Crippen MR) is 78.2 cm³/mol. The lowest BCUT2D eigenvalue weighted by atomic mass is 10.2. The SMILES string of the molecule is O=C(O)/C(=C\c1ccc(Cl)cc1Cl)NC(=O)c1ccco1. The van der Waals surface area contributed by atoms with E-state index < -0.39 is 11.9 Å². The Bertz CT molecular complexity index is 708. The molecule has 0 radical (unpaired) electrons. The second-order valence-corrected chi connectivity index (χ2v) is 4.80. The van der Waals surface area contributed by atoms with Gasteiger partial charge >= 0.3 is 5.97 Å². The predicted octanol–water partition coefficient (Wildman–Crippen LogP) is 3.44. The van der Waals surface area contributed by atoms with E-state index in [0.717, 1.165) is 0 Å². The molecule has 5 nitrogen and oxygen atoms in total. The van der Waals surface area contributed by atoms with E-state index >= 15 is 0 Å². The minimum Gasteiger partial charge on any atom is -0.477 e. The average Bonchev–Trinajstić information content (AvgIpc) is 2.94. The van der Waals surface area contributed by atoms with Gasteiger partial charge in [-0.3, -0.25) is 4.79 Å². The third kappa shape index (κ3) is 3.87. The molecule has 0 aliphatic carbocycles. The van der Waals surface area contributed by atoms with Crippen LogP contribution in [-0.4, -0.2) is 17.0 Å². The van der Waals surface area contributed by atoms with Crippen molar-refractivity contribution in [3.05, 3.63) is 63.7 Å². The van der Waals surface area contributed by atoms with Gasteiger partial charge in [-0.2, -0.15) is 0 Å². The number of hydrogen-bond donors (Lipinski definition) is 2.